The Morgan fingerprint density at radius 3 is 2.67 bits per heavy atom. The van der Waals surface area contributed by atoms with Crippen LogP contribution in [0.4, 0.5) is 18.9 Å². The van der Waals surface area contributed by atoms with E-state index in [0.717, 1.165) is 0 Å². The van der Waals surface area contributed by atoms with Gasteiger partial charge in [0.05, 0.1) is 23.6 Å². The first-order chi connectivity index (χ1) is 9.96. The molecular weight excluding hydrogens is 283 g/mol. The predicted octanol–water partition coefficient (Wildman–Crippen LogP) is 3.59. The van der Waals surface area contributed by atoms with E-state index in [-0.39, 0.29) is 11.8 Å². The number of anilines is 1. The topological polar surface area (TPSA) is 47.0 Å². The first-order valence-electron chi connectivity index (χ1n) is 6.27. The molecule has 0 fully saturated rings. The third-order valence-electron chi connectivity index (χ3n) is 2.68. The summed E-state index contributed by atoms with van der Waals surface area (Å²) < 4.78 is 41.5. The van der Waals surface area contributed by atoms with E-state index in [9.17, 15) is 13.2 Å². The summed E-state index contributed by atoms with van der Waals surface area (Å²) in [5, 5.41) is 3.07. The second kappa shape index (κ2) is 6.43. The lowest BCUT2D eigenvalue weighted by Crippen LogP contribution is -2.20. The molecule has 0 bridgehead atoms. The molecule has 0 saturated heterocycles. The summed E-state index contributed by atoms with van der Waals surface area (Å²) in [5.74, 6) is 0.144. The van der Waals surface area contributed by atoms with Crippen molar-refractivity contribution in [1.29, 1.82) is 0 Å². The van der Waals surface area contributed by atoms with Gasteiger partial charge in [-0.15, -0.1) is 0 Å². The third-order valence-corrected chi connectivity index (χ3v) is 2.68. The number of hydrogen-bond acceptors (Lipinski definition) is 4. The quantitative estimate of drug-likeness (QED) is 0.916. The van der Waals surface area contributed by atoms with Crippen molar-refractivity contribution in [2.24, 2.45) is 0 Å². The molecule has 0 aliphatic heterocycles. The van der Waals surface area contributed by atoms with Crippen molar-refractivity contribution in [2.75, 3.05) is 11.9 Å². The highest BCUT2D eigenvalue weighted by molar-refractivity contribution is 5.57. The van der Waals surface area contributed by atoms with Crippen LogP contribution in [-0.2, 0) is 0 Å². The Bertz CT molecular complexity index is 575. The molecule has 1 atom stereocenters. The molecule has 1 aromatic carbocycles. The molecule has 2 aromatic rings. The van der Waals surface area contributed by atoms with Crippen LogP contribution in [0.5, 0.6) is 5.75 Å². The molecule has 112 valence electrons. The fraction of sp³-hybridized carbons (Fsp3) is 0.286. The van der Waals surface area contributed by atoms with Crippen molar-refractivity contribution in [2.45, 2.75) is 19.1 Å². The summed E-state index contributed by atoms with van der Waals surface area (Å²) >= 11 is 0. The van der Waals surface area contributed by atoms with Crippen LogP contribution in [0.2, 0.25) is 0 Å². The normalized spacial score (nSPS) is 12.8. The lowest BCUT2D eigenvalue weighted by Gasteiger charge is -2.18. The highest BCUT2D eigenvalue weighted by Crippen LogP contribution is 2.29. The minimum Gasteiger partial charge on any atom is -0.482 e. The molecular formula is C14H14F3N3O. The largest absolute Gasteiger partial charge is 0.482 e. The van der Waals surface area contributed by atoms with E-state index in [0.29, 0.717) is 11.4 Å². The monoisotopic (exact) mass is 297 g/mol. The van der Waals surface area contributed by atoms with E-state index in [1.807, 2.05) is 6.92 Å². The van der Waals surface area contributed by atoms with Crippen molar-refractivity contribution in [1.82, 2.24) is 9.97 Å². The van der Waals surface area contributed by atoms with Crippen LogP contribution < -0.4 is 10.1 Å². The van der Waals surface area contributed by atoms with Gasteiger partial charge in [-0.05, 0) is 19.1 Å². The van der Waals surface area contributed by atoms with Crippen molar-refractivity contribution in [3.8, 4) is 5.75 Å². The van der Waals surface area contributed by atoms with Gasteiger partial charge < -0.3 is 10.1 Å². The van der Waals surface area contributed by atoms with Gasteiger partial charge in [0.2, 0.25) is 0 Å². The lowest BCUT2D eigenvalue weighted by molar-refractivity contribution is -0.153. The van der Waals surface area contributed by atoms with Crippen molar-refractivity contribution >= 4 is 5.69 Å². The van der Waals surface area contributed by atoms with Gasteiger partial charge in [-0.25, -0.2) is 0 Å². The van der Waals surface area contributed by atoms with E-state index in [1.54, 1.807) is 36.8 Å². The van der Waals surface area contributed by atoms with Crippen LogP contribution in [0.1, 0.15) is 18.7 Å². The van der Waals surface area contributed by atoms with Crippen molar-refractivity contribution in [3.05, 3.63) is 48.5 Å². The number of hydrogen-bond donors (Lipinski definition) is 1. The fourth-order valence-corrected chi connectivity index (χ4v) is 1.71. The molecule has 0 aliphatic carbocycles. The first-order valence-corrected chi connectivity index (χ1v) is 6.27. The maximum atomic E-state index is 12.2. The molecule has 0 radical (unpaired) electrons. The molecule has 7 heteroatoms. The SMILES string of the molecule is CC(Nc1ccccc1OCC(F)(F)F)c1cnccn1. The van der Waals surface area contributed by atoms with E-state index in [4.69, 9.17) is 4.74 Å². The molecule has 0 saturated carbocycles. The number of aromatic nitrogens is 2. The summed E-state index contributed by atoms with van der Waals surface area (Å²) in [7, 11) is 0. The Morgan fingerprint density at radius 2 is 2.00 bits per heavy atom. The zero-order chi connectivity index (χ0) is 15.3. The minimum absolute atomic E-state index is 0.144. The molecule has 0 spiro atoms. The smallest absolute Gasteiger partial charge is 0.422 e. The number of nitrogens with zero attached hydrogens (tertiary/aromatic N) is 2. The summed E-state index contributed by atoms with van der Waals surface area (Å²) in [5.41, 5.74) is 1.16. The van der Waals surface area contributed by atoms with Gasteiger partial charge >= 0.3 is 6.18 Å². The highest BCUT2D eigenvalue weighted by Gasteiger charge is 2.28. The third kappa shape index (κ3) is 4.62. The molecule has 4 nitrogen and oxygen atoms in total. The van der Waals surface area contributed by atoms with Crippen LogP contribution in [0.25, 0.3) is 0 Å². The fourth-order valence-electron chi connectivity index (χ4n) is 1.71. The summed E-state index contributed by atoms with van der Waals surface area (Å²) in [6.07, 6.45) is 0.330. The van der Waals surface area contributed by atoms with Crippen LogP contribution in [-0.4, -0.2) is 22.8 Å². The van der Waals surface area contributed by atoms with Crippen molar-refractivity contribution in [3.63, 3.8) is 0 Å². The number of benzene rings is 1. The zero-order valence-electron chi connectivity index (χ0n) is 11.3. The molecule has 2 rings (SSSR count). The van der Waals surface area contributed by atoms with Gasteiger partial charge in [0.15, 0.2) is 6.61 Å². The Labute approximate surface area is 120 Å². The average molecular weight is 297 g/mol. The number of para-hydroxylation sites is 2. The average Bonchev–Trinajstić information content (AvgIpc) is 2.46. The van der Waals surface area contributed by atoms with E-state index in [2.05, 4.69) is 15.3 Å². The van der Waals surface area contributed by atoms with E-state index in [1.165, 1.54) is 6.07 Å². The van der Waals surface area contributed by atoms with E-state index >= 15 is 0 Å². The second-order valence-electron chi connectivity index (χ2n) is 4.40. The second-order valence-corrected chi connectivity index (χ2v) is 4.40. The number of alkyl halides is 3. The predicted molar refractivity (Wildman–Crippen MR) is 72.1 cm³/mol. The Balaban J connectivity index is 2.09. The summed E-state index contributed by atoms with van der Waals surface area (Å²) in [4.78, 5) is 8.10. The Kier molecular flexibility index (Phi) is 4.62. The van der Waals surface area contributed by atoms with Crippen LogP contribution in [0.3, 0.4) is 0 Å². The zero-order valence-corrected chi connectivity index (χ0v) is 11.3. The molecule has 1 N–H and O–H groups in total. The Morgan fingerprint density at radius 1 is 1.24 bits per heavy atom. The highest BCUT2D eigenvalue weighted by atomic mass is 19.4. The minimum atomic E-state index is -4.37. The van der Waals surface area contributed by atoms with Crippen LogP contribution >= 0.6 is 0 Å². The van der Waals surface area contributed by atoms with Crippen molar-refractivity contribution < 1.29 is 17.9 Å². The Hall–Kier alpha value is -2.31. The van der Waals surface area contributed by atoms with Gasteiger partial charge in [-0.1, -0.05) is 12.1 Å². The van der Waals surface area contributed by atoms with E-state index < -0.39 is 12.8 Å². The molecule has 21 heavy (non-hydrogen) atoms. The number of halogens is 3. The van der Waals surface area contributed by atoms with Gasteiger partial charge in [-0.2, -0.15) is 13.2 Å². The molecule has 1 aromatic heterocycles. The molecule has 0 aliphatic rings. The van der Waals surface area contributed by atoms with Crippen LogP contribution in [0.15, 0.2) is 42.9 Å². The van der Waals surface area contributed by atoms with Crippen LogP contribution in [0, 0.1) is 0 Å². The number of nitrogens with one attached hydrogen (secondary N) is 1. The lowest BCUT2D eigenvalue weighted by atomic mass is 10.2. The maximum absolute atomic E-state index is 12.2. The molecule has 1 unspecified atom stereocenters. The summed E-state index contributed by atoms with van der Waals surface area (Å²) in [6.45, 7) is 0.510. The summed E-state index contributed by atoms with van der Waals surface area (Å²) in [6, 6.07) is 6.25. The standard InChI is InChI=1S/C14H14F3N3O/c1-10(12-8-18-6-7-19-12)20-11-4-2-3-5-13(11)21-9-14(15,16)17/h2-8,10,20H,9H2,1H3. The molecule has 1 heterocycles. The number of rotatable bonds is 5. The van der Waals surface area contributed by atoms with Gasteiger partial charge in [0.1, 0.15) is 5.75 Å². The van der Waals surface area contributed by atoms with Gasteiger partial charge in [0, 0.05) is 12.4 Å². The number of ether oxygens (including phenoxy) is 1. The first kappa shape index (κ1) is 15.1. The maximum Gasteiger partial charge on any atom is 0.422 e. The van der Waals surface area contributed by atoms with Gasteiger partial charge in [0.25, 0.3) is 0 Å². The molecule has 0 amide bonds. The van der Waals surface area contributed by atoms with Gasteiger partial charge in [-0.3, -0.25) is 9.97 Å².